The molecule has 3 heteroatoms. The van der Waals surface area contributed by atoms with Crippen molar-refractivity contribution in [2.24, 2.45) is 0 Å². The first-order valence-corrected chi connectivity index (χ1v) is 7.35. The molecule has 0 bridgehead atoms. The van der Waals surface area contributed by atoms with Gasteiger partial charge in [0, 0.05) is 11.8 Å². The van der Waals surface area contributed by atoms with Gasteiger partial charge in [-0.3, -0.25) is 4.79 Å². The molecular formula is C19H21NO2. The highest BCUT2D eigenvalue weighted by Gasteiger charge is 2.06. The van der Waals surface area contributed by atoms with E-state index < -0.39 is 0 Å². The van der Waals surface area contributed by atoms with E-state index in [0.717, 1.165) is 34.5 Å². The van der Waals surface area contributed by atoms with Crippen molar-refractivity contribution in [3.8, 4) is 5.75 Å². The summed E-state index contributed by atoms with van der Waals surface area (Å²) in [6, 6.07) is 13.6. The van der Waals surface area contributed by atoms with Crippen molar-refractivity contribution in [3.05, 3.63) is 65.2 Å². The normalized spacial score (nSPS) is 10.7. The van der Waals surface area contributed by atoms with Gasteiger partial charge in [-0.15, -0.1) is 0 Å². The SMILES string of the molecule is CCc1cccc(C)c1NC(=O)/C=C\c1ccc(OC)cc1. The van der Waals surface area contributed by atoms with Crippen LogP contribution in [0.2, 0.25) is 0 Å². The Hall–Kier alpha value is -2.55. The Labute approximate surface area is 131 Å². The third kappa shape index (κ3) is 3.98. The maximum atomic E-state index is 12.1. The Bertz CT molecular complexity index is 672. The second-order valence-electron chi connectivity index (χ2n) is 5.06. The zero-order valence-electron chi connectivity index (χ0n) is 13.2. The number of benzene rings is 2. The predicted molar refractivity (Wildman–Crippen MR) is 91.2 cm³/mol. The summed E-state index contributed by atoms with van der Waals surface area (Å²) in [5.74, 6) is 0.675. The van der Waals surface area contributed by atoms with Crippen LogP contribution in [0.3, 0.4) is 0 Å². The number of nitrogens with one attached hydrogen (secondary N) is 1. The molecule has 1 amide bonds. The number of aryl methyl sites for hydroxylation is 2. The average molecular weight is 295 g/mol. The van der Waals surface area contributed by atoms with Crippen LogP contribution in [0.4, 0.5) is 5.69 Å². The number of hydrogen-bond donors (Lipinski definition) is 1. The number of carbonyl (C=O) groups is 1. The number of hydrogen-bond acceptors (Lipinski definition) is 2. The molecular weight excluding hydrogens is 274 g/mol. The number of amides is 1. The summed E-state index contributed by atoms with van der Waals surface area (Å²) in [4.78, 5) is 12.1. The molecule has 2 aromatic rings. The van der Waals surface area contributed by atoms with E-state index in [1.807, 2.05) is 49.4 Å². The quantitative estimate of drug-likeness (QED) is 0.839. The molecule has 3 nitrogen and oxygen atoms in total. The summed E-state index contributed by atoms with van der Waals surface area (Å²) in [7, 11) is 1.63. The molecule has 0 aliphatic carbocycles. The van der Waals surface area contributed by atoms with E-state index in [2.05, 4.69) is 12.2 Å². The maximum absolute atomic E-state index is 12.1. The predicted octanol–water partition coefficient (Wildman–Crippen LogP) is 4.22. The van der Waals surface area contributed by atoms with E-state index in [0.29, 0.717) is 0 Å². The molecule has 0 aromatic heterocycles. The van der Waals surface area contributed by atoms with E-state index in [1.165, 1.54) is 0 Å². The van der Waals surface area contributed by atoms with Crippen LogP contribution in [-0.4, -0.2) is 13.0 Å². The number of methoxy groups -OCH3 is 1. The highest BCUT2D eigenvalue weighted by molar-refractivity contribution is 6.02. The lowest BCUT2D eigenvalue weighted by atomic mass is 10.1. The molecule has 0 radical (unpaired) electrons. The van der Waals surface area contributed by atoms with E-state index in [9.17, 15) is 4.79 Å². The molecule has 2 aromatic carbocycles. The minimum Gasteiger partial charge on any atom is -0.497 e. The van der Waals surface area contributed by atoms with Crippen molar-refractivity contribution in [1.82, 2.24) is 0 Å². The number of rotatable bonds is 5. The van der Waals surface area contributed by atoms with Gasteiger partial charge in [-0.1, -0.05) is 37.3 Å². The van der Waals surface area contributed by atoms with Crippen LogP contribution >= 0.6 is 0 Å². The third-order valence-electron chi connectivity index (χ3n) is 3.53. The zero-order valence-corrected chi connectivity index (χ0v) is 13.2. The average Bonchev–Trinajstić information content (AvgIpc) is 2.55. The zero-order chi connectivity index (χ0) is 15.9. The summed E-state index contributed by atoms with van der Waals surface area (Å²) in [5.41, 5.74) is 4.09. The summed E-state index contributed by atoms with van der Waals surface area (Å²) in [5, 5.41) is 2.97. The molecule has 0 fully saturated rings. The van der Waals surface area contributed by atoms with E-state index in [1.54, 1.807) is 19.3 Å². The van der Waals surface area contributed by atoms with Crippen LogP contribution in [0, 0.1) is 6.92 Å². The standard InChI is InChI=1S/C19H21NO2/c1-4-16-7-5-6-14(2)19(16)20-18(21)13-10-15-8-11-17(22-3)12-9-15/h5-13H,4H2,1-3H3,(H,20,21)/b13-10-. The second-order valence-corrected chi connectivity index (χ2v) is 5.06. The lowest BCUT2D eigenvalue weighted by Gasteiger charge is -2.11. The summed E-state index contributed by atoms with van der Waals surface area (Å²) in [6.07, 6.45) is 4.23. The fourth-order valence-electron chi connectivity index (χ4n) is 2.25. The molecule has 22 heavy (non-hydrogen) atoms. The van der Waals surface area contributed by atoms with Gasteiger partial charge in [-0.2, -0.15) is 0 Å². The molecule has 0 aliphatic rings. The van der Waals surface area contributed by atoms with Crippen LogP contribution in [0.25, 0.3) is 6.08 Å². The monoisotopic (exact) mass is 295 g/mol. The number of anilines is 1. The summed E-state index contributed by atoms with van der Waals surface area (Å²) < 4.78 is 5.11. The maximum Gasteiger partial charge on any atom is 0.248 e. The summed E-state index contributed by atoms with van der Waals surface area (Å²) in [6.45, 7) is 4.08. The number of carbonyl (C=O) groups excluding carboxylic acids is 1. The number of para-hydroxylation sites is 1. The van der Waals surface area contributed by atoms with E-state index in [4.69, 9.17) is 4.74 Å². The van der Waals surface area contributed by atoms with Crippen LogP contribution in [-0.2, 0) is 11.2 Å². The van der Waals surface area contributed by atoms with Crippen LogP contribution in [0.15, 0.2) is 48.5 Å². The Morgan fingerprint density at radius 1 is 1.18 bits per heavy atom. The first-order valence-electron chi connectivity index (χ1n) is 7.35. The van der Waals surface area contributed by atoms with Crippen LogP contribution < -0.4 is 10.1 Å². The molecule has 0 spiro atoms. The van der Waals surface area contributed by atoms with Crippen molar-refractivity contribution in [3.63, 3.8) is 0 Å². The molecule has 0 saturated carbocycles. The molecule has 0 aliphatic heterocycles. The van der Waals surface area contributed by atoms with Crippen molar-refractivity contribution in [2.75, 3.05) is 12.4 Å². The highest BCUT2D eigenvalue weighted by atomic mass is 16.5. The Kier molecular flexibility index (Phi) is 5.37. The Balaban J connectivity index is 2.08. The highest BCUT2D eigenvalue weighted by Crippen LogP contribution is 2.21. The van der Waals surface area contributed by atoms with Gasteiger partial charge in [0.25, 0.3) is 0 Å². The molecule has 0 atom stereocenters. The van der Waals surface area contributed by atoms with Gasteiger partial charge in [0.2, 0.25) is 5.91 Å². The third-order valence-corrected chi connectivity index (χ3v) is 3.53. The first-order chi connectivity index (χ1) is 10.6. The molecule has 0 heterocycles. The van der Waals surface area contributed by atoms with Crippen LogP contribution in [0.1, 0.15) is 23.6 Å². The first kappa shape index (κ1) is 15.8. The fraction of sp³-hybridized carbons (Fsp3) is 0.211. The fourth-order valence-corrected chi connectivity index (χ4v) is 2.25. The summed E-state index contributed by atoms with van der Waals surface area (Å²) >= 11 is 0. The van der Waals surface area contributed by atoms with Crippen molar-refractivity contribution >= 4 is 17.7 Å². The van der Waals surface area contributed by atoms with Crippen molar-refractivity contribution in [2.45, 2.75) is 20.3 Å². The molecule has 1 N–H and O–H groups in total. The number of ether oxygens (including phenoxy) is 1. The Morgan fingerprint density at radius 3 is 2.55 bits per heavy atom. The van der Waals surface area contributed by atoms with Gasteiger partial charge >= 0.3 is 0 Å². The topological polar surface area (TPSA) is 38.3 Å². The van der Waals surface area contributed by atoms with Crippen LogP contribution in [0.5, 0.6) is 5.75 Å². The van der Waals surface area contributed by atoms with Gasteiger partial charge < -0.3 is 10.1 Å². The van der Waals surface area contributed by atoms with Gasteiger partial charge in [0.05, 0.1) is 7.11 Å². The minimum absolute atomic E-state index is 0.125. The molecule has 2 rings (SSSR count). The van der Waals surface area contributed by atoms with Gasteiger partial charge in [-0.25, -0.2) is 0 Å². The Morgan fingerprint density at radius 2 is 1.91 bits per heavy atom. The smallest absolute Gasteiger partial charge is 0.248 e. The molecule has 114 valence electrons. The second kappa shape index (κ2) is 7.46. The lowest BCUT2D eigenvalue weighted by molar-refractivity contribution is -0.111. The lowest BCUT2D eigenvalue weighted by Crippen LogP contribution is -2.11. The van der Waals surface area contributed by atoms with Gasteiger partial charge in [-0.05, 0) is 48.2 Å². The van der Waals surface area contributed by atoms with Crippen molar-refractivity contribution in [1.29, 1.82) is 0 Å². The van der Waals surface area contributed by atoms with E-state index in [-0.39, 0.29) is 5.91 Å². The largest absolute Gasteiger partial charge is 0.497 e. The van der Waals surface area contributed by atoms with E-state index >= 15 is 0 Å². The van der Waals surface area contributed by atoms with Crippen molar-refractivity contribution < 1.29 is 9.53 Å². The van der Waals surface area contributed by atoms with Gasteiger partial charge in [0.1, 0.15) is 5.75 Å². The minimum atomic E-state index is -0.125. The molecule has 0 saturated heterocycles. The van der Waals surface area contributed by atoms with Gasteiger partial charge in [0.15, 0.2) is 0 Å². The molecule has 0 unspecified atom stereocenters.